The lowest BCUT2D eigenvalue weighted by molar-refractivity contribution is -0.218. The van der Waals surface area contributed by atoms with E-state index in [1.165, 1.54) is 26.2 Å². The Morgan fingerprint density at radius 2 is 1.98 bits per heavy atom. The number of ether oxygens (including phenoxy) is 1. The Morgan fingerprint density at radius 3 is 2.62 bits per heavy atom. The number of amidine groups is 1. The number of carbonyl (C=O) groups is 3. The normalized spacial score (nSPS) is 28.1. The highest BCUT2D eigenvalue weighted by atomic mass is 32.3. The molecule has 6 rings (SSSR count). The fourth-order valence-electron chi connectivity index (χ4n) is 6.77. The smallest absolute Gasteiger partial charge is 0.418 e. The summed E-state index contributed by atoms with van der Waals surface area (Å²) in [6.45, 7) is 3.99. The standard InChI is InChI=1S/C30H38N8O10S2/c1-29(2)23(26(40)38(29)48-50(43,44)45)36-25(39)22(19-12-49-28(33)35-19)37-47-30(3,27(41)42)21-9-5-13-10-14(4-8-20(13)46-21)24(32)34-18-7-6-17(31)15-11-16(15)18/h4,8,10,12,15-18,21,23H,5-7,9,11,31H2,1-3H3,(H2,32,34)(H2,33,35)(H,36,39)(H,41,42)(H,43,44,45)/b37-22-/t15-,16+,17-,18+,21-,23-,30+/m1/s1. The van der Waals surface area contributed by atoms with Gasteiger partial charge in [-0.1, -0.05) is 5.16 Å². The number of aryl methyl sites for hydroxylation is 1. The van der Waals surface area contributed by atoms with Gasteiger partial charge in [0.1, 0.15) is 23.3 Å². The number of nitrogens with zero attached hydrogens (tertiary/aromatic N) is 3. The molecule has 1 aromatic carbocycles. The number of thiazole rings is 1. The number of aliphatic carboxylic acids is 1. The SMILES string of the molecule is CC1(C)[C@H](NC(=O)/C(=N\O[C@](C)(C(=O)O)[C@H]2CCc3cc(C(=N)N[C@H]4CC[C@@H](N)[C@@H]5C[C@@H]54)ccc3O2)c2csc(N)n2)C(=O)N1OS(=O)(=O)O. The third-order valence-corrected chi connectivity index (χ3v) is 10.9. The number of nitrogens with two attached hydrogens (primary N) is 2. The van der Waals surface area contributed by atoms with Gasteiger partial charge in [-0.3, -0.25) is 19.6 Å². The van der Waals surface area contributed by atoms with Crippen molar-refractivity contribution < 1.29 is 46.3 Å². The molecule has 0 spiro atoms. The van der Waals surface area contributed by atoms with Crippen LogP contribution in [0.1, 0.15) is 63.3 Å². The molecule has 3 fully saturated rings. The Balaban J connectivity index is 1.17. The first-order valence-corrected chi connectivity index (χ1v) is 18.1. The summed E-state index contributed by atoms with van der Waals surface area (Å²) >= 11 is 0.966. The summed E-state index contributed by atoms with van der Waals surface area (Å²) in [5.74, 6) is -1.73. The molecule has 0 bridgehead atoms. The van der Waals surface area contributed by atoms with E-state index in [4.69, 9.17) is 31.0 Å². The molecule has 2 saturated carbocycles. The number of aromatic nitrogens is 1. The summed E-state index contributed by atoms with van der Waals surface area (Å²) in [5.41, 5.74) is 9.25. The van der Waals surface area contributed by atoms with E-state index in [2.05, 4.69) is 25.1 Å². The van der Waals surface area contributed by atoms with Crippen LogP contribution >= 0.6 is 11.3 Å². The van der Waals surface area contributed by atoms with Crippen LogP contribution in [-0.4, -0.2) is 92.8 Å². The third kappa shape index (κ3) is 6.72. The minimum atomic E-state index is -5.03. The van der Waals surface area contributed by atoms with E-state index >= 15 is 0 Å². The molecule has 0 radical (unpaired) electrons. The highest BCUT2D eigenvalue weighted by Gasteiger charge is 2.58. The van der Waals surface area contributed by atoms with Gasteiger partial charge in [0.15, 0.2) is 16.9 Å². The average molecular weight is 735 g/mol. The van der Waals surface area contributed by atoms with Crippen molar-refractivity contribution in [2.75, 3.05) is 5.73 Å². The number of fused-ring (bicyclic) bond motifs is 2. The van der Waals surface area contributed by atoms with Gasteiger partial charge in [-0.2, -0.15) is 13.5 Å². The highest BCUT2D eigenvalue weighted by molar-refractivity contribution is 7.80. The maximum atomic E-state index is 13.5. The Labute approximate surface area is 290 Å². The Kier molecular flexibility index (Phi) is 9.04. The second-order valence-electron chi connectivity index (χ2n) is 13.6. The molecular weight excluding hydrogens is 697 g/mol. The molecular formula is C30H38N8O10S2. The number of hydrogen-bond donors (Lipinski definition) is 7. The number of anilines is 1. The maximum Gasteiger partial charge on any atom is 0.418 e. The molecule has 50 heavy (non-hydrogen) atoms. The Hall–Kier alpha value is -4.37. The molecule has 9 N–H and O–H groups in total. The molecule has 3 heterocycles. The topological polar surface area (TPSA) is 282 Å². The lowest BCUT2D eigenvalue weighted by Gasteiger charge is -2.50. The van der Waals surface area contributed by atoms with E-state index in [1.54, 1.807) is 12.1 Å². The number of hydroxylamine groups is 2. The van der Waals surface area contributed by atoms with Crippen LogP contribution in [0, 0.1) is 17.2 Å². The zero-order valence-corrected chi connectivity index (χ0v) is 28.9. The van der Waals surface area contributed by atoms with Crippen molar-refractivity contribution in [2.24, 2.45) is 22.7 Å². The van der Waals surface area contributed by atoms with Crippen molar-refractivity contribution >= 4 is 56.2 Å². The second-order valence-corrected chi connectivity index (χ2v) is 15.5. The van der Waals surface area contributed by atoms with Gasteiger partial charge >= 0.3 is 16.4 Å². The highest BCUT2D eigenvalue weighted by Crippen LogP contribution is 2.49. The first-order chi connectivity index (χ1) is 23.4. The number of carboxylic acids is 1. The number of amides is 2. The number of oxime groups is 1. The number of β-lactam (4-membered cyclic amide) rings is 1. The molecule has 2 aliphatic carbocycles. The third-order valence-electron chi connectivity index (χ3n) is 9.86. The van der Waals surface area contributed by atoms with Crippen molar-refractivity contribution in [1.29, 1.82) is 5.41 Å². The van der Waals surface area contributed by atoms with E-state index in [0.717, 1.165) is 36.2 Å². The van der Waals surface area contributed by atoms with Crippen LogP contribution in [0.3, 0.4) is 0 Å². The van der Waals surface area contributed by atoms with E-state index in [-0.39, 0.29) is 29.3 Å². The largest absolute Gasteiger partial charge is 0.485 e. The van der Waals surface area contributed by atoms with E-state index in [1.807, 2.05) is 6.07 Å². The lowest BCUT2D eigenvalue weighted by atomic mass is 9.84. The van der Waals surface area contributed by atoms with Crippen molar-refractivity contribution in [1.82, 2.24) is 20.7 Å². The van der Waals surface area contributed by atoms with Crippen molar-refractivity contribution in [2.45, 2.75) is 88.2 Å². The van der Waals surface area contributed by atoms with Crippen LogP contribution in [0.2, 0.25) is 0 Å². The summed E-state index contributed by atoms with van der Waals surface area (Å²) in [6.07, 6.45) is 2.45. The molecule has 2 amide bonds. The van der Waals surface area contributed by atoms with Gasteiger partial charge in [-0.05, 0) is 88.5 Å². The summed E-state index contributed by atoms with van der Waals surface area (Å²) < 4.78 is 41.8. The van der Waals surface area contributed by atoms with Crippen molar-refractivity contribution in [3.8, 4) is 5.75 Å². The molecule has 18 nitrogen and oxygen atoms in total. The van der Waals surface area contributed by atoms with Crippen LogP contribution in [0.5, 0.6) is 5.75 Å². The number of nitrogens with one attached hydrogen (secondary N) is 3. The molecule has 2 aliphatic heterocycles. The molecule has 7 atom stereocenters. The first kappa shape index (κ1) is 35.5. The van der Waals surface area contributed by atoms with Crippen LogP contribution in [0.4, 0.5) is 5.13 Å². The summed E-state index contributed by atoms with van der Waals surface area (Å²) in [4.78, 5) is 48.4. The summed E-state index contributed by atoms with van der Waals surface area (Å²) in [7, 11) is -5.03. The van der Waals surface area contributed by atoms with Crippen molar-refractivity contribution in [3.63, 3.8) is 0 Å². The predicted molar refractivity (Wildman–Crippen MR) is 177 cm³/mol. The quantitative estimate of drug-likeness (QED) is 0.0546. The van der Waals surface area contributed by atoms with Crippen LogP contribution < -0.4 is 26.8 Å². The van der Waals surface area contributed by atoms with Gasteiger partial charge in [0, 0.05) is 23.0 Å². The zero-order valence-electron chi connectivity index (χ0n) is 27.3. The van der Waals surface area contributed by atoms with Gasteiger partial charge in [-0.25, -0.2) is 9.78 Å². The predicted octanol–water partition coefficient (Wildman–Crippen LogP) is 0.564. The number of benzene rings is 1. The molecule has 270 valence electrons. The molecule has 20 heteroatoms. The van der Waals surface area contributed by atoms with E-state index in [0.29, 0.717) is 40.5 Å². The first-order valence-electron chi connectivity index (χ1n) is 15.8. The maximum absolute atomic E-state index is 13.5. The van der Waals surface area contributed by atoms with Gasteiger partial charge in [0.05, 0.1) is 5.54 Å². The second kappa shape index (κ2) is 12.7. The average Bonchev–Trinajstić information content (AvgIpc) is 3.77. The minimum absolute atomic E-state index is 0.0591. The number of nitrogen functional groups attached to an aromatic ring is 1. The zero-order chi connectivity index (χ0) is 36.3. The fourth-order valence-corrected chi connectivity index (χ4v) is 7.77. The minimum Gasteiger partial charge on any atom is -0.485 e. The molecule has 0 unspecified atom stereocenters. The summed E-state index contributed by atoms with van der Waals surface area (Å²) in [5, 5.41) is 30.5. The Bertz CT molecular complexity index is 1880. The molecule has 1 saturated heterocycles. The lowest BCUT2D eigenvalue weighted by Crippen LogP contribution is -2.76. The van der Waals surface area contributed by atoms with Gasteiger partial charge in [0.25, 0.3) is 17.4 Å². The van der Waals surface area contributed by atoms with E-state index < -0.39 is 57.2 Å². The van der Waals surface area contributed by atoms with Crippen LogP contribution in [-0.2, 0) is 40.3 Å². The van der Waals surface area contributed by atoms with E-state index in [9.17, 15) is 27.9 Å². The molecule has 4 aliphatic rings. The van der Waals surface area contributed by atoms with Gasteiger partial charge in [-0.15, -0.1) is 15.6 Å². The summed E-state index contributed by atoms with van der Waals surface area (Å²) in [6, 6.07) is 4.36. The fraction of sp³-hybridized carbons (Fsp3) is 0.533. The number of rotatable bonds is 11. The van der Waals surface area contributed by atoms with Gasteiger partial charge < -0.3 is 36.8 Å². The van der Waals surface area contributed by atoms with Crippen molar-refractivity contribution in [3.05, 3.63) is 40.4 Å². The Morgan fingerprint density at radius 1 is 1.24 bits per heavy atom. The molecule has 1 aromatic heterocycles. The van der Waals surface area contributed by atoms with Crippen LogP contribution in [0.15, 0.2) is 28.7 Å². The van der Waals surface area contributed by atoms with Crippen LogP contribution in [0.25, 0.3) is 0 Å². The van der Waals surface area contributed by atoms with Gasteiger partial charge in [0.2, 0.25) is 0 Å². The number of hydrogen-bond acceptors (Lipinski definition) is 14. The number of carbonyl (C=O) groups excluding carboxylic acids is 2. The monoisotopic (exact) mass is 734 g/mol. The number of carboxylic acid groups (broad SMARTS) is 1. The molecule has 2 aromatic rings.